The van der Waals surface area contributed by atoms with Crippen LogP contribution in [-0.4, -0.2) is 21.3 Å². The second kappa shape index (κ2) is 6.16. The van der Waals surface area contributed by atoms with Gasteiger partial charge in [-0.15, -0.1) is 0 Å². The molecule has 2 rings (SSSR count). The second-order valence-electron chi connectivity index (χ2n) is 4.11. The van der Waals surface area contributed by atoms with Gasteiger partial charge in [0.05, 0.1) is 18.6 Å². The van der Waals surface area contributed by atoms with Crippen molar-refractivity contribution in [2.75, 3.05) is 6.54 Å². The maximum atomic E-state index is 5.78. The van der Waals surface area contributed by atoms with E-state index in [2.05, 4.69) is 22.3 Å². The van der Waals surface area contributed by atoms with Crippen LogP contribution in [-0.2, 0) is 13.6 Å². The van der Waals surface area contributed by atoms with Gasteiger partial charge in [-0.05, 0) is 19.0 Å². The number of hydrogen-bond acceptors (Lipinski definition) is 4. The van der Waals surface area contributed by atoms with E-state index in [1.165, 1.54) is 0 Å². The van der Waals surface area contributed by atoms with Crippen LogP contribution < -0.4 is 10.1 Å². The molecule has 0 aliphatic rings. The average Bonchev–Trinajstić information content (AvgIpc) is 2.77. The van der Waals surface area contributed by atoms with Crippen molar-refractivity contribution in [3.63, 3.8) is 0 Å². The van der Waals surface area contributed by atoms with E-state index in [4.69, 9.17) is 4.74 Å². The highest BCUT2D eigenvalue weighted by atomic mass is 16.5. The highest BCUT2D eigenvalue weighted by molar-refractivity contribution is 5.33. The van der Waals surface area contributed by atoms with Crippen LogP contribution in [0.15, 0.2) is 30.9 Å². The minimum Gasteiger partial charge on any atom is -0.452 e. The topological polar surface area (TPSA) is 52.0 Å². The Bertz CT molecular complexity index is 495. The Morgan fingerprint density at radius 2 is 2.28 bits per heavy atom. The Labute approximate surface area is 107 Å². The SMILES string of the molecule is CCCNCc1ccncc1Oc1cnn(C)c1. The molecule has 0 amide bonds. The molecule has 0 radical (unpaired) electrons. The van der Waals surface area contributed by atoms with Crippen molar-refractivity contribution in [1.82, 2.24) is 20.1 Å². The van der Waals surface area contributed by atoms with E-state index in [9.17, 15) is 0 Å². The Balaban J connectivity index is 2.07. The molecule has 18 heavy (non-hydrogen) atoms. The van der Waals surface area contributed by atoms with E-state index in [-0.39, 0.29) is 0 Å². The number of nitrogens with zero attached hydrogens (tertiary/aromatic N) is 3. The standard InChI is InChI=1S/C13H18N4O/c1-3-5-14-7-11-4-6-15-9-13(11)18-12-8-16-17(2)10-12/h4,6,8-10,14H,3,5,7H2,1-2H3. The molecule has 0 saturated heterocycles. The number of aryl methyl sites for hydroxylation is 1. The zero-order chi connectivity index (χ0) is 12.8. The largest absolute Gasteiger partial charge is 0.452 e. The number of nitrogens with one attached hydrogen (secondary N) is 1. The summed E-state index contributed by atoms with van der Waals surface area (Å²) in [4.78, 5) is 4.10. The smallest absolute Gasteiger partial charge is 0.165 e. The van der Waals surface area contributed by atoms with Gasteiger partial charge >= 0.3 is 0 Å². The first-order valence-electron chi connectivity index (χ1n) is 6.09. The molecule has 2 heterocycles. The quantitative estimate of drug-likeness (QED) is 0.793. The van der Waals surface area contributed by atoms with Crippen LogP contribution in [0.3, 0.4) is 0 Å². The van der Waals surface area contributed by atoms with Crippen LogP contribution in [0.4, 0.5) is 0 Å². The Morgan fingerprint density at radius 1 is 1.39 bits per heavy atom. The Kier molecular flexibility index (Phi) is 4.30. The van der Waals surface area contributed by atoms with Gasteiger partial charge in [0.1, 0.15) is 5.75 Å². The van der Waals surface area contributed by atoms with E-state index in [0.717, 1.165) is 36.6 Å². The molecule has 1 N–H and O–H groups in total. The summed E-state index contributed by atoms with van der Waals surface area (Å²) in [5.41, 5.74) is 1.10. The highest BCUT2D eigenvalue weighted by Crippen LogP contribution is 2.23. The van der Waals surface area contributed by atoms with E-state index in [1.807, 2.05) is 19.3 Å². The summed E-state index contributed by atoms with van der Waals surface area (Å²) in [6.45, 7) is 3.92. The van der Waals surface area contributed by atoms with Crippen LogP contribution in [0.25, 0.3) is 0 Å². The van der Waals surface area contributed by atoms with E-state index >= 15 is 0 Å². The summed E-state index contributed by atoms with van der Waals surface area (Å²) in [6.07, 6.45) is 8.14. The van der Waals surface area contributed by atoms with E-state index < -0.39 is 0 Å². The summed E-state index contributed by atoms with van der Waals surface area (Å²) in [7, 11) is 1.86. The van der Waals surface area contributed by atoms with Crippen molar-refractivity contribution < 1.29 is 4.74 Å². The van der Waals surface area contributed by atoms with Crippen molar-refractivity contribution in [3.05, 3.63) is 36.4 Å². The van der Waals surface area contributed by atoms with Crippen LogP contribution in [0.2, 0.25) is 0 Å². The molecule has 0 bridgehead atoms. The Hall–Kier alpha value is -1.88. The van der Waals surface area contributed by atoms with Crippen LogP contribution in [0.1, 0.15) is 18.9 Å². The lowest BCUT2D eigenvalue weighted by Gasteiger charge is -2.09. The van der Waals surface area contributed by atoms with Crippen molar-refractivity contribution >= 4 is 0 Å². The third-order valence-corrected chi connectivity index (χ3v) is 2.52. The molecule has 5 heteroatoms. The van der Waals surface area contributed by atoms with Crippen LogP contribution in [0.5, 0.6) is 11.5 Å². The fourth-order valence-corrected chi connectivity index (χ4v) is 1.63. The lowest BCUT2D eigenvalue weighted by molar-refractivity contribution is 0.469. The normalized spacial score (nSPS) is 10.6. The van der Waals surface area contributed by atoms with Gasteiger partial charge in [-0.25, -0.2) is 0 Å². The minimum absolute atomic E-state index is 0.724. The molecule has 0 aliphatic carbocycles. The van der Waals surface area contributed by atoms with Crippen molar-refractivity contribution in [3.8, 4) is 11.5 Å². The molecule has 0 aromatic carbocycles. The van der Waals surface area contributed by atoms with Crippen molar-refractivity contribution in [1.29, 1.82) is 0 Å². The molecule has 2 aromatic heterocycles. The Morgan fingerprint density at radius 3 is 3.00 bits per heavy atom. The van der Waals surface area contributed by atoms with Gasteiger partial charge in [0.25, 0.3) is 0 Å². The van der Waals surface area contributed by atoms with Gasteiger partial charge in [-0.3, -0.25) is 9.67 Å². The number of ether oxygens (including phenoxy) is 1. The predicted octanol–water partition coefficient (Wildman–Crippen LogP) is 2.11. The van der Waals surface area contributed by atoms with Gasteiger partial charge in [0.15, 0.2) is 5.75 Å². The lowest BCUT2D eigenvalue weighted by Crippen LogP contribution is -2.14. The summed E-state index contributed by atoms with van der Waals surface area (Å²) in [5, 5.41) is 7.43. The molecular weight excluding hydrogens is 228 g/mol. The zero-order valence-corrected chi connectivity index (χ0v) is 10.8. The first-order chi connectivity index (χ1) is 8.79. The highest BCUT2D eigenvalue weighted by Gasteiger charge is 2.05. The number of pyridine rings is 1. The van der Waals surface area contributed by atoms with Crippen molar-refractivity contribution in [2.45, 2.75) is 19.9 Å². The first-order valence-corrected chi connectivity index (χ1v) is 6.09. The van der Waals surface area contributed by atoms with Gasteiger partial charge < -0.3 is 10.1 Å². The van der Waals surface area contributed by atoms with Gasteiger partial charge in [-0.2, -0.15) is 5.10 Å². The molecule has 96 valence electrons. The van der Waals surface area contributed by atoms with Gasteiger partial charge in [0.2, 0.25) is 0 Å². The van der Waals surface area contributed by atoms with Gasteiger partial charge in [-0.1, -0.05) is 6.92 Å². The lowest BCUT2D eigenvalue weighted by atomic mass is 10.2. The number of hydrogen-bond donors (Lipinski definition) is 1. The maximum absolute atomic E-state index is 5.78. The van der Waals surface area contributed by atoms with E-state index in [1.54, 1.807) is 23.3 Å². The van der Waals surface area contributed by atoms with Crippen LogP contribution >= 0.6 is 0 Å². The fraction of sp³-hybridized carbons (Fsp3) is 0.385. The molecule has 0 fully saturated rings. The molecular formula is C13H18N4O. The summed E-state index contributed by atoms with van der Waals surface area (Å²) < 4.78 is 7.48. The molecule has 0 atom stereocenters. The maximum Gasteiger partial charge on any atom is 0.165 e. The van der Waals surface area contributed by atoms with Gasteiger partial charge in [0, 0.05) is 25.4 Å². The van der Waals surface area contributed by atoms with Crippen LogP contribution in [0, 0.1) is 0 Å². The third-order valence-electron chi connectivity index (χ3n) is 2.52. The molecule has 0 aliphatic heterocycles. The summed E-state index contributed by atoms with van der Waals surface area (Å²) in [6, 6.07) is 1.97. The number of aromatic nitrogens is 3. The van der Waals surface area contributed by atoms with E-state index in [0.29, 0.717) is 0 Å². The predicted molar refractivity (Wildman–Crippen MR) is 69.5 cm³/mol. The monoisotopic (exact) mass is 246 g/mol. The summed E-state index contributed by atoms with van der Waals surface area (Å²) >= 11 is 0. The average molecular weight is 246 g/mol. The molecule has 0 unspecified atom stereocenters. The third kappa shape index (κ3) is 3.30. The zero-order valence-electron chi connectivity index (χ0n) is 10.8. The first kappa shape index (κ1) is 12.6. The van der Waals surface area contributed by atoms with Crippen molar-refractivity contribution in [2.24, 2.45) is 7.05 Å². The number of rotatable bonds is 6. The minimum atomic E-state index is 0.724. The molecule has 0 saturated carbocycles. The summed E-state index contributed by atoms with van der Waals surface area (Å²) in [5.74, 6) is 1.50. The molecule has 5 nitrogen and oxygen atoms in total. The second-order valence-corrected chi connectivity index (χ2v) is 4.11. The molecule has 2 aromatic rings. The fourth-order valence-electron chi connectivity index (χ4n) is 1.63. The molecule has 0 spiro atoms.